The Balaban J connectivity index is 1.96. The van der Waals surface area contributed by atoms with Crippen LogP contribution in [0.3, 0.4) is 0 Å². The lowest BCUT2D eigenvalue weighted by Gasteiger charge is -2.25. The molecule has 1 aromatic heterocycles. The summed E-state index contributed by atoms with van der Waals surface area (Å²) in [5.74, 6) is -4.93. The number of halogens is 2. The van der Waals surface area contributed by atoms with Gasteiger partial charge in [-0.05, 0) is 23.8 Å². The number of carbonyl (C=O) groups excluding carboxylic acids is 2. The molecule has 0 aliphatic carbocycles. The SMILES string of the molecule is O=C1C(=O)N(c2ccc(F)cc2F)C(c2cccnc2)/C1=C(\O)c1cccc([N+](=O)[O-])c1. The van der Waals surface area contributed by atoms with Crippen LogP contribution in [0, 0.1) is 21.7 Å². The van der Waals surface area contributed by atoms with Crippen molar-refractivity contribution in [2.75, 3.05) is 4.90 Å². The van der Waals surface area contributed by atoms with E-state index >= 15 is 0 Å². The van der Waals surface area contributed by atoms with E-state index in [4.69, 9.17) is 0 Å². The van der Waals surface area contributed by atoms with Gasteiger partial charge in [-0.15, -0.1) is 0 Å². The maximum atomic E-state index is 14.6. The van der Waals surface area contributed by atoms with Crippen molar-refractivity contribution in [1.29, 1.82) is 0 Å². The fourth-order valence-electron chi connectivity index (χ4n) is 3.53. The van der Waals surface area contributed by atoms with Crippen LogP contribution >= 0.6 is 0 Å². The average Bonchev–Trinajstić information content (AvgIpc) is 3.04. The number of aliphatic hydroxyl groups is 1. The van der Waals surface area contributed by atoms with Gasteiger partial charge in [-0.1, -0.05) is 18.2 Å². The highest BCUT2D eigenvalue weighted by atomic mass is 19.1. The van der Waals surface area contributed by atoms with Gasteiger partial charge in [-0.25, -0.2) is 8.78 Å². The van der Waals surface area contributed by atoms with Crippen molar-refractivity contribution in [3.8, 4) is 0 Å². The number of amides is 1. The number of anilines is 1. The van der Waals surface area contributed by atoms with Crippen molar-refractivity contribution < 1.29 is 28.4 Å². The molecule has 10 heteroatoms. The van der Waals surface area contributed by atoms with Crippen molar-refractivity contribution in [1.82, 2.24) is 4.98 Å². The highest BCUT2D eigenvalue weighted by Crippen LogP contribution is 2.42. The first kappa shape index (κ1) is 20.8. The predicted octanol–water partition coefficient (Wildman–Crippen LogP) is 3.89. The van der Waals surface area contributed by atoms with Crippen LogP contribution in [0.25, 0.3) is 5.76 Å². The van der Waals surface area contributed by atoms with E-state index in [1.54, 1.807) is 0 Å². The van der Waals surface area contributed by atoms with E-state index in [-0.39, 0.29) is 22.5 Å². The summed E-state index contributed by atoms with van der Waals surface area (Å²) in [6.07, 6.45) is 2.76. The second-order valence-corrected chi connectivity index (χ2v) is 6.86. The van der Waals surface area contributed by atoms with Gasteiger partial charge in [0.2, 0.25) is 0 Å². The number of rotatable bonds is 4. The molecule has 1 fully saturated rings. The number of aliphatic hydroxyl groups excluding tert-OH is 1. The summed E-state index contributed by atoms with van der Waals surface area (Å²) < 4.78 is 28.0. The number of Topliss-reactive ketones (excluding diaryl/α,β-unsaturated/α-hetero) is 1. The van der Waals surface area contributed by atoms with Gasteiger partial charge in [0.1, 0.15) is 17.4 Å². The summed E-state index contributed by atoms with van der Waals surface area (Å²) in [6.45, 7) is 0. The lowest BCUT2D eigenvalue weighted by Crippen LogP contribution is -2.30. The first-order chi connectivity index (χ1) is 15.3. The van der Waals surface area contributed by atoms with Gasteiger partial charge in [0.05, 0.1) is 22.2 Å². The number of hydrogen-bond donors (Lipinski definition) is 1. The number of hydrogen-bond acceptors (Lipinski definition) is 6. The van der Waals surface area contributed by atoms with Gasteiger partial charge in [-0.2, -0.15) is 0 Å². The molecular formula is C22H13F2N3O5. The Hall–Kier alpha value is -4.47. The molecule has 1 aliphatic heterocycles. The number of carbonyl (C=O) groups is 2. The summed E-state index contributed by atoms with van der Waals surface area (Å²) >= 11 is 0. The number of pyridine rings is 1. The van der Waals surface area contributed by atoms with Gasteiger partial charge in [0.25, 0.3) is 17.4 Å². The smallest absolute Gasteiger partial charge is 0.300 e. The number of ketones is 1. The Morgan fingerprint density at radius 1 is 1.09 bits per heavy atom. The molecule has 1 atom stereocenters. The van der Waals surface area contributed by atoms with Crippen LogP contribution < -0.4 is 4.90 Å². The summed E-state index contributed by atoms with van der Waals surface area (Å²) in [4.78, 5) is 41.0. The zero-order chi connectivity index (χ0) is 23.0. The van der Waals surface area contributed by atoms with Crippen molar-refractivity contribution in [2.45, 2.75) is 6.04 Å². The van der Waals surface area contributed by atoms with Gasteiger partial charge < -0.3 is 5.11 Å². The molecular weight excluding hydrogens is 424 g/mol. The Morgan fingerprint density at radius 3 is 2.53 bits per heavy atom. The van der Waals surface area contributed by atoms with Crippen LogP contribution in [0.1, 0.15) is 17.2 Å². The fraction of sp³-hybridized carbons (Fsp3) is 0.0455. The molecule has 1 amide bonds. The Morgan fingerprint density at radius 2 is 1.88 bits per heavy atom. The van der Waals surface area contributed by atoms with Crippen molar-refractivity contribution >= 4 is 28.8 Å². The van der Waals surface area contributed by atoms with Gasteiger partial charge >= 0.3 is 0 Å². The minimum absolute atomic E-state index is 0.0781. The van der Waals surface area contributed by atoms with Crippen LogP contribution in [0.5, 0.6) is 0 Å². The maximum absolute atomic E-state index is 14.6. The molecule has 32 heavy (non-hydrogen) atoms. The Bertz CT molecular complexity index is 1290. The van der Waals surface area contributed by atoms with E-state index in [0.717, 1.165) is 23.1 Å². The first-order valence-corrected chi connectivity index (χ1v) is 9.20. The molecule has 1 saturated heterocycles. The molecule has 0 spiro atoms. The van der Waals surface area contributed by atoms with Gasteiger partial charge in [0.15, 0.2) is 0 Å². The van der Waals surface area contributed by atoms with Crippen LogP contribution in [-0.4, -0.2) is 26.7 Å². The van der Waals surface area contributed by atoms with Crippen LogP contribution in [0.15, 0.2) is 72.6 Å². The van der Waals surface area contributed by atoms with Crippen LogP contribution in [0.4, 0.5) is 20.2 Å². The molecule has 3 aromatic rings. The zero-order valence-electron chi connectivity index (χ0n) is 16.1. The summed E-state index contributed by atoms with van der Waals surface area (Å²) in [5, 5.41) is 22.0. The quantitative estimate of drug-likeness (QED) is 0.218. The van der Waals surface area contributed by atoms with E-state index in [1.165, 1.54) is 42.7 Å². The topological polar surface area (TPSA) is 114 Å². The Kier molecular flexibility index (Phi) is 5.19. The number of non-ortho nitro benzene ring substituents is 1. The van der Waals surface area contributed by atoms with E-state index in [2.05, 4.69) is 4.98 Å². The van der Waals surface area contributed by atoms with E-state index < -0.39 is 45.6 Å². The lowest BCUT2D eigenvalue weighted by molar-refractivity contribution is -0.384. The van der Waals surface area contributed by atoms with Gasteiger partial charge in [0, 0.05) is 36.2 Å². The van der Waals surface area contributed by atoms with E-state index in [1.807, 2.05) is 0 Å². The number of nitro groups is 1. The molecule has 0 radical (unpaired) electrons. The highest BCUT2D eigenvalue weighted by molar-refractivity contribution is 6.51. The molecule has 8 nitrogen and oxygen atoms in total. The second kappa shape index (κ2) is 7.99. The molecule has 1 N–H and O–H groups in total. The molecule has 0 bridgehead atoms. The highest BCUT2D eigenvalue weighted by Gasteiger charge is 2.48. The predicted molar refractivity (Wildman–Crippen MR) is 108 cm³/mol. The number of aromatic nitrogens is 1. The Labute approximate surface area is 179 Å². The molecule has 2 aromatic carbocycles. The number of nitro benzene ring substituents is 1. The summed E-state index contributed by atoms with van der Waals surface area (Å²) in [5.41, 5.74) is -0.938. The third-order valence-electron chi connectivity index (χ3n) is 4.94. The maximum Gasteiger partial charge on any atom is 0.300 e. The molecule has 1 unspecified atom stereocenters. The zero-order valence-corrected chi connectivity index (χ0v) is 16.1. The third kappa shape index (κ3) is 3.47. The van der Waals surface area contributed by atoms with Crippen LogP contribution in [0.2, 0.25) is 0 Å². The molecule has 0 saturated carbocycles. The van der Waals surface area contributed by atoms with Crippen molar-refractivity contribution in [3.63, 3.8) is 0 Å². The third-order valence-corrected chi connectivity index (χ3v) is 4.94. The minimum Gasteiger partial charge on any atom is -0.507 e. The van der Waals surface area contributed by atoms with Crippen LogP contribution in [-0.2, 0) is 9.59 Å². The minimum atomic E-state index is -1.30. The number of benzene rings is 2. The standard InChI is InChI=1S/C22H13F2N3O5/c23-14-6-7-17(16(24)10-14)26-19(13-4-2-8-25-11-13)18(21(29)22(26)30)20(28)12-3-1-5-15(9-12)27(31)32/h1-11,19,28H/b20-18+. The van der Waals surface area contributed by atoms with E-state index in [0.29, 0.717) is 6.07 Å². The molecule has 4 rings (SSSR count). The molecule has 2 heterocycles. The first-order valence-electron chi connectivity index (χ1n) is 9.20. The van der Waals surface area contributed by atoms with Crippen molar-refractivity contribution in [2.24, 2.45) is 0 Å². The fourth-order valence-corrected chi connectivity index (χ4v) is 3.53. The summed E-state index contributed by atoms with van der Waals surface area (Å²) in [7, 11) is 0. The second-order valence-electron chi connectivity index (χ2n) is 6.86. The molecule has 1 aliphatic rings. The molecule has 160 valence electrons. The lowest BCUT2D eigenvalue weighted by atomic mass is 9.96. The van der Waals surface area contributed by atoms with Gasteiger partial charge in [-0.3, -0.25) is 29.6 Å². The summed E-state index contributed by atoms with van der Waals surface area (Å²) in [6, 6.07) is 9.10. The normalized spacial score (nSPS) is 17.6. The van der Waals surface area contributed by atoms with Crippen molar-refractivity contribution in [3.05, 3.63) is 105 Å². The number of nitrogens with zero attached hydrogens (tertiary/aromatic N) is 3. The largest absolute Gasteiger partial charge is 0.507 e. The monoisotopic (exact) mass is 437 g/mol. The average molecular weight is 437 g/mol. The van der Waals surface area contributed by atoms with E-state index in [9.17, 15) is 33.6 Å².